The molecule has 3 nitrogen and oxygen atoms in total. The molecule has 0 aromatic heterocycles. The van der Waals surface area contributed by atoms with E-state index >= 15 is 0 Å². The molecule has 3 heteroatoms. The lowest BCUT2D eigenvalue weighted by atomic mass is 9.93. The smallest absolute Gasteiger partial charge is 0.310 e. The zero-order chi connectivity index (χ0) is 11.9. The van der Waals surface area contributed by atoms with E-state index in [1.807, 2.05) is 7.05 Å². The molecule has 0 saturated heterocycles. The molecule has 0 saturated carbocycles. The van der Waals surface area contributed by atoms with Crippen molar-refractivity contribution >= 4 is 5.97 Å². The van der Waals surface area contributed by atoms with Gasteiger partial charge >= 0.3 is 5.97 Å². The number of nitrogens with zero attached hydrogens (tertiary/aromatic N) is 1. The molecule has 0 spiro atoms. The number of hydrogen-bond donors (Lipinski definition) is 1. The summed E-state index contributed by atoms with van der Waals surface area (Å²) >= 11 is 0. The van der Waals surface area contributed by atoms with Gasteiger partial charge in [0.25, 0.3) is 0 Å². The Morgan fingerprint density at radius 3 is 2.33 bits per heavy atom. The maximum absolute atomic E-state index is 10.9. The molecular formula is C12H25NO2. The monoisotopic (exact) mass is 215 g/mol. The van der Waals surface area contributed by atoms with E-state index in [9.17, 15) is 4.79 Å². The van der Waals surface area contributed by atoms with Crippen LogP contribution in [-0.4, -0.2) is 36.1 Å². The van der Waals surface area contributed by atoms with E-state index in [0.29, 0.717) is 6.54 Å². The first-order chi connectivity index (χ1) is 6.90. The van der Waals surface area contributed by atoms with Gasteiger partial charge in [-0.25, -0.2) is 0 Å². The van der Waals surface area contributed by atoms with Crippen molar-refractivity contribution < 1.29 is 9.90 Å². The van der Waals surface area contributed by atoms with Crippen LogP contribution in [0.5, 0.6) is 0 Å². The third-order valence-corrected chi connectivity index (χ3v) is 2.64. The Balaban J connectivity index is 3.73. The number of unbranched alkanes of at least 4 members (excludes halogenated alkanes) is 3. The van der Waals surface area contributed by atoms with Gasteiger partial charge < -0.3 is 10.0 Å². The summed E-state index contributed by atoms with van der Waals surface area (Å²) in [4.78, 5) is 13.0. The minimum absolute atomic E-state index is 0.620. The number of carbonyl (C=O) groups is 1. The standard InChI is InChI=1S/C12H25NO2/c1-5-6-7-8-9-13(4)10-12(2,3)11(14)15/h5-10H2,1-4H3,(H,14,15). The van der Waals surface area contributed by atoms with Gasteiger partial charge in [-0.2, -0.15) is 0 Å². The van der Waals surface area contributed by atoms with Gasteiger partial charge in [0.2, 0.25) is 0 Å². The fraction of sp³-hybridized carbons (Fsp3) is 0.917. The van der Waals surface area contributed by atoms with Crippen molar-refractivity contribution in [2.45, 2.75) is 46.5 Å². The quantitative estimate of drug-likeness (QED) is 0.633. The predicted octanol–water partition coefficient (Wildman–Crippen LogP) is 2.61. The lowest BCUT2D eigenvalue weighted by molar-refractivity contribution is -0.147. The molecule has 15 heavy (non-hydrogen) atoms. The maximum Gasteiger partial charge on any atom is 0.310 e. The molecule has 0 unspecified atom stereocenters. The number of rotatable bonds is 8. The molecule has 0 bridgehead atoms. The number of aliphatic carboxylic acids is 1. The molecule has 0 aromatic rings. The first kappa shape index (κ1) is 14.4. The van der Waals surface area contributed by atoms with Crippen LogP contribution in [0, 0.1) is 5.41 Å². The lowest BCUT2D eigenvalue weighted by Crippen LogP contribution is -2.37. The summed E-state index contributed by atoms with van der Waals surface area (Å²) in [6.07, 6.45) is 4.93. The van der Waals surface area contributed by atoms with Gasteiger partial charge in [0, 0.05) is 6.54 Å². The van der Waals surface area contributed by atoms with Crippen LogP contribution < -0.4 is 0 Å². The fourth-order valence-electron chi connectivity index (χ4n) is 1.63. The summed E-state index contributed by atoms with van der Waals surface area (Å²) in [6.45, 7) is 7.36. The number of carboxylic acids is 1. The topological polar surface area (TPSA) is 40.5 Å². The average molecular weight is 215 g/mol. The minimum atomic E-state index is -0.720. The van der Waals surface area contributed by atoms with Crippen molar-refractivity contribution in [3.63, 3.8) is 0 Å². The third kappa shape index (κ3) is 6.50. The summed E-state index contributed by atoms with van der Waals surface area (Å²) < 4.78 is 0. The largest absolute Gasteiger partial charge is 0.481 e. The molecule has 0 aromatic carbocycles. The summed E-state index contributed by atoms with van der Waals surface area (Å²) in [5.74, 6) is -0.720. The second kappa shape index (κ2) is 6.83. The van der Waals surface area contributed by atoms with E-state index in [1.54, 1.807) is 13.8 Å². The van der Waals surface area contributed by atoms with Crippen molar-refractivity contribution in [1.82, 2.24) is 4.90 Å². The van der Waals surface area contributed by atoms with Gasteiger partial charge in [0.05, 0.1) is 5.41 Å². The lowest BCUT2D eigenvalue weighted by Gasteiger charge is -2.26. The highest BCUT2D eigenvalue weighted by Gasteiger charge is 2.28. The molecule has 0 aliphatic heterocycles. The molecular weight excluding hydrogens is 190 g/mol. The van der Waals surface area contributed by atoms with Crippen LogP contribution in [0.1, 0.15) is 46.5 Å². The molecule has 0 rings (SSSR count). The van der Waals surface area contributed by atoms with Crippen LogP contribution >= 0.6 is 0 Å². The molecule has 0 radical (unpaired) electrons. The predicted molar refractivity (Wildman–Crippen MR) is 63.1 cm³/mol. The molecule has 1 N–H and O–H groups in total. The van der Waals surface area contributed by atoms with E-state index < -0.39 is 11.4 Å². The van der Waals surface area contributed by atoms with Crippen molar-refractivity contribution in [3.05, 3.63) is 0 Å². The Hall–Kier alpha value is -0.570. The zero-order valence-corrected chi connectivity index (χ0v) is 10.5. The van der Waals surface area contributed by atoms with Crippen LogP contribution in [0.4, 0.5) is 0 Å². The summed E-state index contributed by atoms with van der Waals surface area (Å²) in [7, 11) is 2.00. The second-order valence-electron chi connectivity index (χ2n) is 4.99. The second-order valence-corrected chi connectivity index (χ2v) is 4.99. The molecule has 0 aliphatic carbocycles. The molecule has 0 amide bonds. The third-order valence-electron chi connectivity index (χ3n) is 2.64. The van der Waals surface area contributed by atoms with Gasteiger partial charge in [-0.15, -0.1) is 0 Å². The van der Waals surface area contributed by atoms with E-state index in [2.05, 4.69) is 11.8 Å². The number of carboxylic acid groups (broad SMARTS) is 1. The highest BCUT2D eigenvalue weighted by atomic mass is 16.4. The van der Waals surface area contributed by atoms with Crippen molar-refractivity contribution in [2.75, 3.05) is 20.1 Å². The van der Waals surface area contributed by atoms with Crippen LogP contribution in [0.2, 0.25) is 0 Å². The van der Waals surface area contributed by atoms with Gasteiger partial charge in [-0.05, 0) is 33.9 Å². The van der Waals surface area contributed by atoms with Crippen molar-refractivity contribution in [1.29, 1.82) is 0 Å². The van der Waals surface area contributed by atoms with Gasteiger partial charge in [-0.3, -0.25) is 4.79 Å². The molecule has 0 heterocycles. The fourth-order valence-corrected chi connectivity index (χ4v) is 1.63. The Morgan fingerprint density at radius 2 is 1.87 bits per heavy atom. The highest BCUT2D eigenvalue weighted by Crippen LogP contribution is 2.16. The normalized spacial score (nSPS) is 12.1. The van der Waals surface area contributed by atoms with Crippen molar-refractivity contribution in [2.24, 2.45) is 5.41 Å². The maximum atomic E-state index is 10.9. The van der Waals surface area contributed by atoms with Gasteiger partial charge in [0.15, 0.2) is 0 Å². The molecule has 0 aliphatic rings. The van der Waals surface area contributed by atoms with Gasteiger partial charge in [0.1, 0.15) is 0 Å². The van der Waals surface area contributed by atoms with E-state index in [0.717, 1.165) is 6.54 Å². The minimum Gasteiger partial charge on any atom is -0.481 e. The zero-order valence-electron chi connectivity index (χ0n) is 10.5. The van der Waals surface area contributed by atoms with Crippen LogP contribution in [0.25, 0.3) is 0 Å². The van der Waals surface area contributed by atoms with E-state index in [-0.39, 0.29) is 0 Å². The van der Waals surface area contributed by atoms with Crippen molar-refractivity contribution in [3.8, 4) is 0 Å². The van der Waals surface area contributed by atoms with E-state index in [4.69, 9.17) is 5.11 Å². The Morgan fingerprint density at radius 1 is 1.27 bits per heavy atom. The average Bonchev–Trinajstić information content (AvgIpc) is 2.11. The Bertz CT molecular complexity index is 190. The molecule has 0 atom stereocenters. The van der Waals surface area contributed by atoms with E-state index in [1.165, 1.54) is 25.7 Å². The first-order valence-electron chi connectivity index (χ1n) is 5.82. The highest BCUT2D eigenvalue weighted by molar-refractivity contribution is 5.73. The molecule has 0 fully saturated rings. The molecule has 90 valence electrons. The summed E-state index contributed by atoms with van der Waals surface area (Å²) in [5, 5.41) is 8.97. The summed E-state index contributed by atoms with van der Waals surface area (Å²) in [5.41, 5.74) is -0.639. The SMILES string of the molecule is CCCCCCN(C)CC(C)(C)C(=O)O. The van der Waals surface area contributed by atoms with Crippen LogP contribution in [0.15, 0.2) is 0 Å². The Kier molecular flexibility index (Phi) is 6.57. The summed E-state index contributed by atoms with van der Waals surface area (Å²) in [6, 6.07) is 0. The van der Waals surface area contributed by atoms with Crippen LogP contribution in [-0.2, 0) is 4.79 Å². The van der Waals surface area contributed by atoms with Crippen LogP contribution in [0.3, 0.4) is 0 Å². The number of hydrogen-bond acceptors (Lipinski definition) is 2. The Labute approximate surface area is 93.5 Å². The van der Waals surface area contributed by atoms with Gasteiger partial charge in [-0.1, -0.05) is 26.2 Å². The first-order valence-corrected chi connectivity index (χ1v) is 5.82.